The van der Waals surface area contributed by atoms with Gasteiger partial charge in [-0.25, -0.2) is 0 Å². The Kier molecular flexibility index (Phi) is 5.65. The van der Waals surface area contributed by atoms with E-state index in [1.165, 1.54) is 0 Å². The molecule has 1 aromatic carbocycles. The smallest absolute Gasteiger partial charge is 0.239 e. The van der Waals surface area contributed by atoms with Crippen molar-refractivity contribution in [1.29, 1.82) is 0 Å². The van der Waals surface area contributed by atoms with Gasteiger partial charge in [0.25, 0.3) is 0 Å². The summed E-state index contributed by atoms with van der Waals surface area (Å²) in [6.45, 7) is 8.75. The highest BCUT2D eigenvalue weighted by atomic mass is 16.3. The van der Waals surface area contributed by atoms with Gasteiger partial charge in [0.15, 0.2) is 0 Å². The van der Waals surface area contributed by atoms with Crippen LogP contribution in [0, 0.1) is 18.3 Å². The molecule has 2 N–H and O–H groups in total. The minimum atomic E-state index is -0.617. The van der Waals surface area contributed by atoms with Gasteiger partial charge in [0, 0.05) is 18.8 Å². The Morgan fingerprint density at radius 2 is 2.00 bits per heavy atom. The lowest BCUT2D eigenvalue weighted by Gasteiger charge is -2.27. The van der Waals surface area contributed by atoms with Crippen LogP contribution in [-0.4, -0.2) is 36.1 Å². The predicted molar refractivity (Wildman–Crippen MR) is 94.7 cm³/mol. The molecule has 2 unspecified atom stereocenters. The van der Waals surface area contributed by atoms with Crippen LogP contribution >= 0.6 is 0 Å². The summed E-state index contributed by atoms with van der Waals surface area (Å²) in [6, 6.07) is 7.77. The third-order valence-electron chi connectivity index (χ3n) is 4.46. The number of aliphatic hydroxyl groups is 1. The second kappa shape index (κ2) is 7.34. The summed E-state index contributed by atoms with van der Waals surface area (Å²) in [5.74, 6) is -0.966. The van der Waals surface area contributed by atoms with Crippen LogP contribution in [0.2, 0.25) is 0 Å². The second-order valence-corrected chi connectivity index (χ2v) is 7.60. The monoisotopic (exact) mass is 332 g/mol. The zero-order valence-electron chi connectivity index (χ0n) is 15.0. The number of nitrogens with one attached hydrogen (secondary N) is 1. The third-order valence-corrected chi connectivity index (χ3v) is 4.46. The number of carbonyl (C=O) groups is 2. The van der Waals surface area contributed by atoms with Crippen LogP contribution in [0.3, 0.4) is 0 Å². The van der Waals surface area contributed by atoms with Crippen LogP contribution in [0.1, 0.15) is 39.2 Å². The summed E-state index contributed by atoms with van der Waals surface area (Å²) >= 11 is 0. The lowest BCUT2D eigenvalue weighted by Crippen LogP contribution is -2.41. The highest BCUT2D eigenvalue weighted by Crippen LogP contribution is 2.26. The fraction of sp³-hybridized carbons (Fsp3) is 0.579. The van der Waals surface area contributed by atoms with Crippen molar-refractivity contribution in [3.63, 3.8) is 0 Å². The second-order valence-electron chi connectivity index (χ2n) is 7.60. The molecule has 0 bridgehead atoms. The molecular formula is C19H28N2O3. The van der Waals surface area contributed by atoms with Gasteiger partial charge in [0.05, 0.1) is 6.10 Å². The number of nitrogens with zero attached hydrogens (tertiary/aromatic N) is 1. The van der Waals surface area contributed by atoms with Gasteiger partial charge in [-0.1, -0.05) is 31.5 Å². The Morgan fingerprint density at radius 3 is 2.58 bits per heavy atom. The first-order valence-electron chi connectivity index (χ1n) is 8.53. The number of aryl methyl sites for hydroxylation is 1. The van der Waals surface area contributed by atoms with Gasteiger partial charge in [0.2, 0.25) is 11.8 Å². The van der Waals surface area contributed by atoms with E-state index in [9.17, 15) is 14.7 Å². The fourth-order valence-electron chi connectivity index (χ4n) is 3.23. The Balaban J connectivity index is 1.94. The molecule has 132 valence electrons. The summed E-state index contributed by atoms with van der Waals surface area (Å²) in [5, 5.41) is 12.4. The van der Waals surface area contributed by atoms with Gasteiger partial charge in [-0.05, 0) is 44.2 Å². The van der Waals surface area contributed by atoms with Crippen LogP contribution in [-0.2, 0) is 9.59 Å². The molecule has 1 saturated heterocycles. The van der Waals surface area contributed by atoms with Gasteiger partial charge in [-0.2, -0.15) is 0 Å². The molecule has 1 aromatic rings. The average Bonchev–Trinajstić information content (AvgIpc) is 2.86. The van der Waals surface area contributed by atoms with Crippen LogP contribution in [0.15, 0.2) is 24.3 Å². The molecule has 2 atom stereocenters. The van der Waals surface area contributed by atoms with E-state index in [-0.39, 0.29) is 17.2 Å². The van der Waals surface area contributed by atoms with E-state index in [1.54, 1.807) is 11.8 Å². The van der Waals surface area contributed by atoms with Gasteiger partial charge in [0.1, 0.15) is 5.92 Å². The van der Waals surface area contributed by atoms with E-state index in [2.05, 4.69) is 5.32 Å². The first-order valence-corrected chi connectivity index (χ1v) is 8.53. The van der Waals surface area contributed by atoms with Crippen LogP contribution < -0.4 is 10.2 Å². The maximum atomic E-state index is 12.6. The quantitative estimate of drug-likeness (QED) is 0.785. The van der Waals surface area contributed by atoms with Crippen molar-refractivity contribution in [3.05, 3.63) is 29.8 Å². The number of amides is 2. The van der Waals surface area contributed by atoms with E-state index in [0.29, 0.717) is 25.9 Å². The van der Waals surface area contributed by atoms with Crippen LogP contribution in [0.25, 0.3) is 0 Å². The molecule has 1 aliphatic heterocycles. The maximum Gasteiger partial charge on any atom is 0.239 e. The number of rotatable bonds is 6. The number of aliphatic hydroxyl groups excluding tert-OH is 1. The van der Waals surface area contributed by atoms with Crippen molar-refractivity contribution in [3.8, 4) is 0 Å². The SMILES string of the molecule is Cc1ccc(N2CCC(C(=O)NCC(C)(C)CC(C)O)C2=O)cc1. The normalized spacial score (nSPS) is 19.5. The van der Waals surface area contributed by atoms with E-state index >= 15 is 0 Å². The molecule has 0 saturated carbocycles. The molecule has 5 nitrogen and oxygen atoms in total. The number of hydrogen-bond donors (Lipinski definition) is 2. The summed E-state index contributed by atoms with van der Waals surface area (Å²) in [4.78, 5) is 26.6. The van der Waals surface area contributed by atoms with Gasteiger partial charge >= 0.3 is 0 Å². The van der Waals surface area contributed by atoms with Crippen LogP contribution in [0.5, 0.6) is 0 Å². The van der Waals surface area contributed by atoms with Crippen molar-refractivity contribution in [2.24, 2.45) is 11.3 Å². The van der Waals surface area contributed by atoms with Crippen molar-refractivity contribution in [2.45, 2.75) is 46.6 Å². The molecule has 0 radical (unpaired) electrons. The zero-order valence-corrected chi connectivity index (χ0v) is 15.0. The van der Waals surface area contributed by atoms with Crippen molar-refractivity contribution in [2.75, 3.05) is 18.0 Å². The van der Waals surface area contributed by atoms with Crippen molar-refractivity contribution in [1.82, 2.24) is 5.32 Å². The van der Waals surface area contributed by atoms with Crippen molar-refractivity contribution >= 4 is 17.5 Å². The zero-order chi connectivity index (χ0) is 17.9. The molecule has 5 heteroatoms. The summed E-state index contributed by atoms with van der Waals surface area (Å²) in [5.41, 5.74) is 1.78. The van der Waals surface area contributed by atoms with Gasteiger partial charge < -0.3 is 15.3 Å². The average molecular weight is 332 g/mol. The molecule has 2 amide bonds. The highest BCUT2D eigenvalue weighted by molar-refractivity contribution is 6.09. The topological polar surface area (TPSA) is 69.6 Å². The first-order chi connectivity index (χ1) is 11.2. The lowest BCUT2D eigenvalue weighted by atomic mass is 9.87. The van der Waals surface area contributed by atoms with E-state index in [4.69, 9.17) is 0 Å². The van der Waals surface area contributed by atoms with Gasteiger partial charge in [-0.3, -0.25) is 9.59 Å². The summed E-state index contributed by atoms with van der Waals surface area (Å²) < 4.78 is 0. The van der Waals surface area contributed by atoms with E-state index in [1.807, 2.05) is 45.0 Å². The largest absolute Gasteiger partial charge is 0.393 e. The third kappa shape index (κ3) is 4.57. The van der Waals surface area contributed by atoms with Gasteiger partial charge in [-0.15, -0.1) is 0 Å². The van der Waals surface area contributed by atoms with E-state index in [0.717, 1.165) is 11.3 Å². The summed E-state index contributed by atoms with van der Waals surface area (Å²) in [6.07, 6.45) is 0.721. The number of benzene rings is 1. The number of hydrogen-bond acceptors (Lipinski definition) is 3. The highest BCUT2D eigenvalue weighted by Gasteiger charge is 2.38. The predicted octanol–water partition coefficient (Wildman–Crippen LogP) is 2.26. The van der Waals surface area contributed by atoms with Crippen LogP contribution in [0.4, 0.5) is 5.69 Å². The first kappa shape index (κ1) is 18.5. The molecule has 0 spiro atoms. The van der Waals surface area contributed by atoms with E-state index < -0.39 is 12.0 Å². The number of carbonyl (C=O) groups excluding carboxylic acids is 2. The molecule has 0 aromatic heterocycles. The summed E-state index contributed by atoms with van der Waals surface area (Å²) in [7, 11) is 0. The number of anilines is 1. The lowest BCUT2D eigenvalue weighted by molar-refractivity contribution is -0.132. The molecule has 1 fully saturated rings. The Morgan fingerprint density at radius 1 is 1.38 bits per heavy atom. The Labute approximate surface area is 144 Å². The minimum absolute atomic E-state index is 0.135. The molecule has 0 aliphatic carbocycles. The molecular weight excluding hydrogens is 304 g/mol. The maximum absolute atomic E-state index is 12.6. The minimum Gasteiger partial charge on any atom is -0.393 e. The van der Waals surface area contributed by atoms with Crippen molar-refractivity contribution < 1.29 is 14.7 Å². The molecule has 1 heterocycles. The standard InChI is InChI=1S/C19H28N2O3/c1-13-5-7-15(8-6-13)21-10-9-16(18(21)24)17(23)20-12-19(3,4)11-14(2)22/h5-8,14,16,22H,9-12H2,1-4H3,(H,20,23). The Bertz CT molecular complexity index is 593. The molecule has 24 heavy (non-hydrogen) atoms. The fourth-order valence-corrected chi connectivity index (χ4v) is 3.23. The molecule has 2 rings (SSSR count). The molecule has 1 aliphatic rings. The Hall–Kier alpha value is -1.88.